The second kappa shape index (κ2) is 5.84. The number of piperazine rings is 1. The van der Waals surface area contributed by atoms with Gasteiger partial charge in [0.1, 0.15) is 11.6 Å². The Bertz CT molecular complexity index is 554. The predicted molar refractivity (Wildman–Crippen MR) is 80.4 cm³/mol. The molecule has 1 aromatic heterocycles. The molecule has 2 rings (SSSR count). The van der Waals surface area contributed by atoms with E-state index in [9.17, 15) is 9.59 Å². The smallest absolute Gasteiger partial charge is 0.248 e. The average molecular weight is 289 g/mol. The molecule has 1 aromatic rings. The van der Waals surface area contributed by atoms with Gasteiger partial charge in [0, 0.05) is 18.9 Å². The van der Waals surface area contributed by atoms with Gasteiger partial charge in [-0.15, -0.1) is 0 Å². The number of aryl methyl sites for hydroxylation is 1. The summed E-state index contributed by atoms with van der Waals surface area (Å²) in [5.74, 6) is -0.107. The molecular formula is C16H23N3O2. The van der Waals surface area contributed by atoms with Crippen LogP contribution >= 0.6 is 0 Å². The molecule has 0 aromatic carbocycles. The van der Waals surface area contributed by atoms with Crippen molar-refractivity contribution < 1.29 is 9.59 Å². The highest BCUT2D eigenvalue weighted by atomic mass is 16.2. The van der Waals surface area contributed by atoms with E-state index in [0.717, 1.165) is 17.5 Å². The van der Waals surface area contributed by atoms with Crippen LogP contribution in [-0.2, 0) is 16.1 Å². The standard InChI is InChI=1S/C16H23N3O2/c1-5-6-13-14(20)18-16(3,4)15(21)19(13)10-12-7-11(2)8-17-9-12/h7-9,13H,5-6,10H2,1-4H3,(H,18,20). The largest absolute Gasteiger partial charge is 0.340 e. The van der Waals surface area contributed by atoms with E-state index in [2.05, 4.69) is 10.3 Å². The normalized spacial score (nSPS) is 21.3. The molecule has 0 saturated carbocycles. The number of nitrogens with zero attached hydrogens (tertiary/aromatic N) is 2. The monoisotopic (exact) mass is 289 g/mol. The zero-order chi connectivity index (χ0) is 15.6. The van der Waals surface area contributed by atoms with Crippen molar-refractivity contribution in [3.63, 3.8) is 0 Å². The molecule has 114 valence electrons. The van der Waals surface area contributed by atoms with Crippen molar-refractivity contribution in [1.29, 1.82) is 0 Å². The van der Waals surface area contributed by atoms with E-state index in [0.29, 0.717) is 13.0 Å². The fourth-order valence-electron chi connectivity index (χ4n) is 2.73. The molecule has 1 saturated heterocycles. The highest BCUT2D eigenvalue weighted by Gasteiger charge is 2.44. The fraction of sp³-hybridized carbons (Fsp3) is 0.562. The van der Waals surface area contributed by atoms with Crippen LogP contribution in [0.1, 0.15) is 44.7 Å². The van der Waals surface area contributed by atoms with Gasteiger partial charge in [0.05, 0.1) is 0 Å². The van der Waals surface area contributed by atoms with Crippen LogP contribution in [0.15, 0.2) is 18.5 Å². The lowest BCUT2D eigenvalue weighted by Crippen LogP contribution is -2.67. The van der Waals surface area contributed by atoms with Crippen LogP contribution in [0.5, 0.6) is 0 Å². The highest BCUT2D eigenvalue weighted by molar-refractivity contribution is 5.99. The van der Waals surface area contributed by atoms with Crippen LogP contribution in [0, 0.1) is 6.92 Å². The van der Waals surface area contributed by atoms with Gasteiger partial charge >= 0.3 is 0 Å². The van der Waals surface area contributed by atoms with Gasteiger partial charge in [0.2, 0.25) is 11.8 Å². The van der Waals surface area contributed by atoms with Crippen LogP contribution < -0.4 is 5.32 Å². The molecule has 0 spiro atoms. The second-order valence-corrected chi connectivity index (χ2v) is 6.22. The molecule has 1 fully saturated rings. The van der Waals surface area contributed by atoms with Crippen molar-refractivity contribution in [3.8, 4) is 0 Å². The average Bonchev–Trinajstić information content (AvgIpc) is 2.40. The fourth-order valence-corrected chi connectivity index (χ4v) is 2.73. The third-order valence-corrected chi connectivity index (χ3v) is 3.76. The number of hydrogen-bond donors (Lipinski definition) is 1. The first-order valence-corrected chi connectivity index (χ1v) is 7.38. The minimum Gasteiger partial charge on any atom is -0.340 e. The SMILES string of the molecule is CCCC1C(=O)NC(C)(C)C(=O)N1Cc1cncc(C)c1. The van der Waals surface area contributed by atoms with Gasteiger partial charge in [-0.25, -0.2) is 0 Å². The number of rotatable bonds is 4. The summed E-state index contributed by atoms with van der Waals surface area (Å²) in [5.41, 5.74) is 1.15. The van der Waals surface area contributed by atoms with Crippen LogP contribution in [0.25, 0.3) is 0 Å². The molecule has 0 aliphatic carbocycles. The minimum absolute atomic E-state index is 0.0398. The zero-order valence-corrected chi connectivity index (χ0v) is 13.1. The predicted octanol–water partition coefficient (Wildman–Crippen LogP) is 1.80. The number of carbonyl (C=O) groups is 2. The molecular weight excluding hydrogens is 266 g/mol. The summed E-state index contributed by atoms with van der Waals surface area (Å²) in [5, 5.41) is 2.82. The van der Waals surface area contributed by atoms with Gasteiger partial charge in [-0.2, -0.15) is 0 Å². The summed E-state index contributed by atoms with van der Waals surface area (Å²) >= 11 is 0. The van der Waals surface area contributed by atoms with Crippen molar-refractivity contribution >= 4 is 11.8 Å². The number of aromatic nitrogens is 1. The molecule has 2 heterocycles. The number of hydrogen-bond acceptors (Lipinski definition) is 3. The molecule has 1 aliphatic rings. The zero-order valence-electron chi connectivity index (χ0n) is 13.1. The van der Waals surface area contributed by atoms with E-state index in [1.807, 2.05) is 19.9 Å². The third-order valence-electron chi connectivity index (χ3n) is 3.76. The first-order chi connectivity index (χ1) is 9.85. The third kappa shape index (κ3) is 3.23. The Morgan fingerprint density at radius 2 is 2.05 bits per heavy atom. The molecule has 1 N–H and O–H groups in total. The number of amides is 2. The molecule has 21 heavy (non-hydrogen) atoms. The molecule has 0 bridgehead atoms. The maximum Gasteiger partial charge on any atom is 0.248 e. The van der Waals surface area contributed by atoms with Crippen LogP contribution in [0.3, 0.4) is 0 Å². The van der Waals surface area contributed by atoms with E-state index < -0.39 is 11.6 Å². The quantitative estimate of drug-likeness (QED) is 0.919. The van der Waals surface area contributed by atoms with Gasteiger partial charge in [-0.1, -0.05) is 19.4 Å². The van der Waals surface area contributed by atoms with Crippen molar-refractivity contribution in [3.05, 3.63) is 29.6 Å². The molecule has 1 atom stereocenters. The Morgan fingerprint density at radius 1 is 1.33 bits per heavy atom. The lowest BCUT2D eigenvalue weighted by atomic mass is 9.94. The van der Waals surface area contributed by atoms with Crippen molar-refractivity contribution in [2.45, 2.75) is 58.7 Å². The molecule has 2 amide bonds. The summed E-state index contributed by atoms with van der Waals surface area (Å²) < 4.78 is 0. The second-order valence-electron chi connectivity index (χ2n) is 6.22. The minimum atomic E-state index is -0.849. The lowest BCUT2D eigenvalue weighted by Gasteiger charge is -2.42. The van der Waals surface area contributed by atoms with Gasteiger partial charge in [-0.05, 0) is 38.3 Å². The van der Waals surface area contributed by atoms with Gasteiger partial charge in [0.25, 0.3) is 0 Å². The summed E-state index contributed by atoms with van der Waals surface area (Å²) in [4.78, 5) is 30.8. The number of pyridine rings is 1. The topological polar surface area (TPSA) is 62.3 Å². The van der Waals surface area contributed by atoms with Gasteiger partial charge < -0.3 is 10.2 Å². The Labute approximate surface area is 125 Å². The van der Waals surface area contributed by atoms with Gasteiger partial charge in [0.15, 0.2) is 0 Å². The lowest BCUT2D eigenvalue weighted by molar-refractivity contribution is -0.154. The summed E-state index contributed by atoms with van der Waals surface area (Å²) in [6.45, 7) is 7.90. The summed E-state index contributed by atoms with van der Waals surface area (Å²) in [6.07, 6.45) is 5.06. The Hall–Kier alpha value is -1.91. The molecule has 5 nitrogen and oxygen atoms in total. The van der Waals surface area contributed by atoms with Crippen LogP contribution in [-0.4, -0.2) is 33.3 Å². The van der Waals surface area contributed by atoms with Crippen molar-refractivity contribution in [2.75, 3.05) is 0 Å². The molecule has 1 aliphatic heterocycles. The number of nitrogens with one attached hydrogen (secondary N) is 1. The number of carbonyl (C=O) groups excluding carboxylic acids is 2. The molecule has 5 heteroatoms. The molecule has 0 radical (unpaired) electrons. The summed E-state index contributed by atoms with van der Waals surface area (Å²) in [6, 6.07) is 1.61. The van der Waals surface area contributed by atoms with E-state index >= 15 is 0 Å². The van der Waals surface area contributed by atoms with Gasteiger partial charge in [-0.3, -0.25) is 14.6 Å². The maximum absolute atomic E-state index is 12.7. The van der Waals surface area contributed by atoms with E-state index in [1.54, 1.807) is 31.1 Å². The van der Waals surface area contributed by atoms with Crippen LogP contribution in [0.2, 0.25) is 0 Å². The first kappa shape index (κ1) is 15.5. The Balaban J connectivity index is 2.30. The molecule has 1 unspecified atom stereocenters. The first-order valence-electron chi connectivity index (χ1n) is 7.38. The van der Waals surface area contributed by atoms with Crippen molar-refractivity contribution in [2.24, 2.45) is 0 Å². The van der Waals surface area contributed by atoms with E-state index in [-0.39, 0.29) is 11.8 Å². The Morgan fingerprint density at radius 3 is 2.67 bits per heavy atom. The van der Waals surface area contributed by atoms with Crippen LogP contribution in [0.4, 0.5) is 0 Å². The summed E-state index contributed by atoms with van der Waals surface area (Å²) in [7, 11) is 0. The van der Waals surface area contributed by atoms with Crippen molar-refractivity contribution in [1.82, 2.24) is 15.2 Å². The Kier molecular flexibility index (Phi) is 4.30. The highest BCUT2D eigenvalue weighted by Crippen LogP contribution is 2.23. The maximum atomic E-state index is 12.7. The van der Waals surface area contributed by atoms with E-state index in [4.69, 9.17) is 0 Å². The van der Waals surface area contributed by atoms with E-state index in [1.165, 1.54) is 0 Å².